The molecule has 134 valence electrons. The van der Waals surface area contributed by atoms with Crippen LogP contribution in [0.4, 0.5) is 0 Å². The second-order valence-electron chi connectivity index (χ2n) is 5.85. The number of nitrogens with zero attached hydrogens (tertiary/aromatic N) is 2. The van der Waals surface area contributed by atoms with Gasteiger partial charge in [0.05, 0.1) is 7.05 Å². The summed E-state index contributed by atoms with van der Waals surface area (Å²) in [5.74, 6) is 1.95. The van der Waals surface area contributed by atoms with Crippen LogP contribution >= 0.6 is 15.9 Å². The molecule has 1 heterocycles. The maximum atomic E-state index is 10.4. The van der Waals surface area contributed by atoms with E-state index in [1.165, 1.54) is 11.3 Å². The summed E-state index contributed by atoms with van der Waals surface area (Å²) in [6.07, 6.45) is 0.334. The number of ether oxygens (including phenoxy) is 1. The average molecular weight is 517 g/mol. The Morgan fingerprint density at radius 3 is 2.52 bits per heavy atom. The number of aliphatic hydroxyl groups is 1. The van der Waals surface area contributed by atoms with Crippen LogP contribution in [0.15, 0.2) is 53.0 Å². The zero-order chi connectivity index (χ0) is 17.1. The first kappa shape index (κ1) is 20.2. The Labute approximate surface area is 173 Å². The molecular weight excluding hydrogens is 495 g/mol. The van der Waals surface area contributed by atoms with Crippen molar-refractivity contribution in [3.05, 3.63) is 58.8 Å². The number of aromatic nitrogens is 2. The van der Waals surface area contributed by atoms with E-state index in [4.69, 9.17) is 4.74 Å². The van der Waals surface area contributed by atoms with Crippen molar-refractivity contribution in [3.8, 4) is 5.75 Å². The second kappa shape index (κ2) is 9.00. The molecule has 0 saturated carbocycles. The van der Waals surface area contributed by atoms with E-state index < -0.39 is 6.10 Å². The lowest BCUT2D eigenvalue weighted by Crippen LogP contribution is -3.00. The molecule has 3 aromatic rings. The summed E-state index contributed by atoms with van der Waals surface area (Å²) in [5, 5.41) is 10.4. The largest absolute Gasteiger partial charge is 1.00 e. The highest BCUT2D eigenvalue weighted by Crippen LogP contribution is 2.18. The van der Waals surface area contributed by atoms with Crippen LogP contribution < -0.4 is 33.3 Å². The molecule has 0 saturated heterocycles. The van der Waals surface area contributed by atoms with Crippen molar-refractivity contribution in [1.29, 1.82) is 0 Å². The zero-order valence-corrected chi connectivity index (χ0v) is 18.1. The van der Waals surface area contributed by atoms with Crippen molar-refractivity contribution < 1.29 is 38.4 Å². The second-order valence-corrected chi connectivity index (χ2v) is 6.76. The number of imidazole rings is 1. The van der Waals surface area contributed by atoms with E-state index in [1.54, 1.807) is 0 Å². The normalized spacial score (nSPS) is 12.0. The molecule has 1 unspecified atom stereocenters. The van der Waals surface area contributed by atoms with Crippen LogP contribution in [0, 0.1) is 0 Å². The maximum absolute atomic E-state index is 10.4. The Balaban J connectivity index is 0.00000225. The Kier molecular flexibility index (Phi) is 7.27. The molecule has 0 spiro atoms. The molecular formula is C19H22BrIN2O2. The number of benzene rings is 2. The molecule has 0 aliphatic rings. The molecule has 1 atom stereocenters. The summed E-state index contributed by atoms with van der Waals surface area (Å²) in [7, 11) is 2.07. The Morgan fingerprint density at radius 1 is 1.16 bits per heavy atom. The summed E-state index contributed by atoms with van der Waals surface area (Å²) < 4.78 is 11.1. The molecule has 0 bridgehead atoms. The lowest BCUT2D eigenvalue weighted by Gasteiger charge is -2.12. The summed E-state index contributed by atoms with van der Waals surface area (Å²) in [6, 6.07) is 15.9. The summed E-state index contributed by atoms with van der Waals surface area (Å²) in [5.41, 5.74) is 2.31. The van der Waals surface area contributed by atoms with E-state index in [2.05, 4.69) is 51.2 Å². The minimum absolute atomic E-state index is 0. The minimum atomic E-state index is -0.574. The first-order valence-corrected chi connectivity index (χ1v) is 8.92. The van der Waals surface area contributed by atoms with Crippen LogP contribution in [-0.4, -0.2) is 22.4 Å². The molecule has 0 aliphatic carbocycles. The van der Waals surface area contributed by atoms with Gasteiger partial charge < -0.3 is 33.8 Å². The lowest BCUT2D eigenvalue weighted by atomic mass is 10.3. The van der Waals surface area contributed by atoms with E-state index in [0.29, 0.717) is 6.54 Å². The number of rotatable bonds is 6. The standard InChI is InChI=1S/C19H22BrN2O2.HI/c1-3-19-21(2)17-6-4-5-7-18(17)22(19)12-15(23)13-24-16-10-8-14(20)9-11-16;/h4-11,15,23H,3,12-13H2,1-2H3;1H/q+1;/p-1. The number of aliphatic hydroxyl groups excluding tert-OH is 1. The van der Waals surface area contributed by atoms with E-state index in [9.17, 15) is 5.11 Å². The van der Waals surface area contributed by atoms with Gasteiger partial charge in [0.15, 0.2) is 11.0 Å². The van der Waals surface area contributed by atoms with Crippen molar-refractivity contribution in [3.63, 3.8) is 0 Å². The highest BCUT2D eigenvalue weighted by atomic mass is 127. The number of halogens is 2. The number of hydrogen-bond donors (Lipinski definition) is 1. The van der Waals surface area contributed by atoms with Crippen LogP contribution in [0.3, 0.4) is 0 Å². The molecule has 2 aromatic carbocycles. The lowest BCUT2D eigenvalue weighted by molar-refractivity contribution is -0.653. The molecule has 6 heteroatoms. The highest BCUT2D eigenvalue weighted by Gasteiger charge is 2.23. The third-order valence-corrected chi connectivity index (χ3v) is 4.73. The summed E-state index contributed by atoms with van der Waals surface area (Å²) in [6.45, 7) is 2.91. The molecule has 1 N–H and O–H groups in total. The first-order chi connectivity index (χ1) is 11.6. The topological polar surface area (TPSA) is 38.3 Å². The quantitative estimate of drug-likeness (QED) is 0.376. The van der Waals surface area contributed by atoms with Gasteiger partial charge in [-0.2, -0.15) is 0 Å². The fraction of sp³-hybridized carbons (Fsp3) is 0.316. The number of para-hydroxylation sites is 2. The predicted octanol–water partition coefficient (Wildman–Crippen LogP) is 0.235. The third-order valence-electron chi connectivity index (χ3n) is 4.20. The first-order valence-electron chi connectivity index (χ1n) is 8.12. The fourth-order valence-electron chi connectivity index (χ4n) is 3.05. The van der Waals surface area contributed by atoms with Crippen molar-refractivity contribution >= 4 is 27.0 Å². The Hall–Kier alpha value is -1.12. The Morgan fingerprint density at radius 2 is 1.84 bits per heavy atom. The van der Waals surface area contributed by atoms with Crippen LogP contribution in [0.25, 0.3) is 11.0 Å². The van der Waals surface area contributed by atoms with Gasteiger partial charge in [0.2, 0.25) is 0 Å². The van der Waals surface area contributed by atoms with E-state index in [0.717, 1.165) is 22.2 Å². The van der Waals surface area contributed by atoms with Gasteiger partial charge in [0.25, 0.3) is 5.82 Å². The Bertz CT molecular complexity index is 833. The van der Waals surface area contributed by atoms with Gasteiger partial charge in [-0.25, -0.2) is 9.13 Å². The van der Waals surface area contributed by atoms with Crippen LogP contribution in [0.5, 0.6) is 5.75 Å². The number of aryl methyl sites for hydroxylation is 1. The van der Waals surface area contributed by atoms with E-state index >= 15 is 0 Å². The summed E-state index contributed by atoms with van der Waals surface area (Å²) >= 11 is 3.40. The SMILES string of the molecule is CCc1n(CC(O)COc2ccc(Br)cc2)c2ccccc2[n+]1C.[I-]. The summed E-state index contributed by atoms with van der Waals surface area (Å²) in [4.78, 5) is 0. The van der Waals surface area contributed by atoms with Gasteiger partial charge >= 0.3 is 0 Å². The monoisotopic (exact) mass is 516 g/mol. The molecule has 25 heavy (non-hydrogen) atoms. The smallest absolute Gasteiger partial charge is 0.256 e. The van der Waals surface area contributed by atoms with Crippen molar-refractivity contribution in [2.75, 3.05) is 6.61 Å². The molecule has 0 radical (unpaired) electrons. The number of fused-ring (bicyclic) bond motifs is 1. The van der Waals surface area contributed by atoms with Crippen LogP contribution in [0.2, 0.25) is 0 Å². The molecule has 0 amide bonds. The van der Waals surface area contributed by atoms with Gasteiger partial charge in [0, 0.05) is 10.9 Å². The maximum Gasteiger partial charge on any atom is 0.256 e. The van der Waals surface area contributed by atoms with E-state index in [-0.39, 0.29) is 30.6 Å². The highest BCUT2D eigenvalue weighted by molar-refractivity contribution is 9.10. The van der Waals surface area contributed by atoms with Crippen molar-refractivity contribution in [1.82, 2.24) is 4.57 Å². The van der Waals surface area contributed by atoms with Gasteiger partial charge in [-0.1, -0.05) is 35.0 Å². The molecule has 0 aliphatic heterocycles. The zero-order valence-electron chi connectivity index (χ0n) is 14.3. The fourth-order valence-corrected chi connectivity index (χ4v) is 3.32. The van der Waals surface area contributed by atoms with Crippen molar-refractivity contribution in [2.45, 2.75) is 26.0 Å². The van der Waals surface area contributed by atoms with Gasteiger partial charge in [0.1, 0.15) is 25.0 Å². The van der Waals surface area contributed by atoms with Gasteiger partial charge in [-0.15, -0.1) is 0 Å². The predicted molar refractivity (Wildman–Crippen MR) is 98.1 cm³/mol. The average Bonchev–Trinajstić information content (AvgIpc) is 2.86. The van der Waals surface area contributed by atoms with Gasteiger partial charge in [-0.05, 0) is 36.4 Å². The van der Waals surface area contributed by atoms with Crippen LogP contribution in [-0.2, 0) is 20.0 Å². The molecule has 1 aromatic heterocycles. The number of hydrogen-bond acceptors (Lipinski definition) is 2. The molecule has 4 nitrogen and oxygen atoms in total. The van der Waals surface area contributed by atoms with E-state index in [1.807, 2.05) is 36.4 Å². The molecule has 3 rings (SSSR count). The van der Waals surface area contributed by atoms with Crippen molar-refractivity contribution in [2.24, 2.45) is 7.05 Å². The van der Waals surface area contributed by atoms with Gasteiger partial charge in [-0.3, -0.25) is 0 Å². The van der Waals surface area contributed by atoms with Crippen LogP contribution in [0.1, 0.15) is 12.7 Å². The minimum Gasteiger partial charge on any atom is -1.00 e. The third kappa shape index (κ3) is 4.54. The molecule has 0 fully saturated rings.